The Hall–Kier alpha value is -2.73. The Kier molecular flexibility index (Phi) is 12.5. The van der Waals surface area contributed by atoms with Crippen molar-refractivity contribution in [3.8, 4) is 0 Å². The van der Waals surface area contributed by atoms with Crippen molar-refractivity contribution in [3.63, 3.8) is 0 Å². The van der Waals surface area contributed by atoms with E-state index < -0.39 is 41.7 Å². The topological polar surface area (TPSA) is 125 Å². The van der Waals surface area contributed by atoms with Crippen molar-refractivity contribution in [1.29, 1.82) is 0 Å². The third kappa shape index (κ3) is 7.22. The molecule has 46 heavy (non-hydrogen) atoms. The van der Waals surface area contributed by atoms with Gasteiger partial charge in [-0.05, 0) is 51.2 Å². The minimum Gasteiger partial charge on any atom is -0.460 e. The number of aliphatic hydroxyl groups excluding tert-OH is 1. The highest BCUT2D eigenvalue weighted by molar-refractivity contribution is 9.09. The lowest BCUT2D eigenvalue weighted by Crippen LogP contribution is -2.57. The minimum atomic E-state index is -1.27. The van der Waals surface area contributed by atoms with E-state index in [-0.39, 0.29) is 55.2 Å². The molecule has 0 radical (unpaired) electrons. The summed E-state index contributed by atoms with van der Waals surface area (Å²) in [6.45, 7) is 11.7. The summed E-state index contributed by atoms with van der Waals surface area (Å²) in [5, 5.41) is 12.4. The lowest BCUT2D eigenvalue weighted by atomic mass is 9.70. The van der Waals surface area contributed by atoms with Gasteiger partial charge >= 0.3 is 5.97 Å². The second-order valence-corrected chi connectivity index (χ2v) is 13.9. The lowest BCUT2D eigenvalue weighted by Gasteiger charge is -2.37. The third-order valence-electron chi connectivity index (χ3n) is 9.12. The summed E-state index contributed by atoms with van der Waals surface area (Å²) < 4.78 is 12.4. The number of para-hydroxylation sites is 1. The van der Waals surface area contributed by atoms with Crippen molar-refractivity contribution in [2.45, 2.75) is 87.5 Å². The smallest absolute Gasteiger partial charge is 0.312 e. The number of hydrogen-bond donors (Lipinski definition) is 2. The van der Waals surface area contributed by atoms with Gasteiger partial charge in [0, 0.05) is 30.9 Å². The van der Waals surface area contributed by atoms with E-state index in [1.807, 2.05) is 19.1 Å². The van der Waals surface area contributed by atoms with Crippen molar-refractivity contribution >= 4 is 56.9 Å². The van der Waals surface area contributed by atoms with Gasteiger partial charge in [-0.2, -0.15) is 0 Å². The maximum Gasteiger partial charge on any atom is 0.312 e. The first-order valence-electron chi connectivity index (χ1n) is 16.0. The van der Waals surface area contributed by atoms with Crippen LogP contribution in [0.4, 0.5) is 5.69 Å². The van der Waals surface area contributed by atoms with Crippen molar-refractivity contribution in [1.82, 2.24) is 10.2 Å². The first-order valence-corrected chi connectivity index (χ1v) is 17.3. The van der Waals surface area contributed by atoms with Crippen LogP contribution in [0.5, 0.6) is 0 Å². The van der Waals surface area contributed by atoms with Crippen LogP contribution in [0.3, 0.4) is 0 Å². The summed E-state index contributed by atoms with van der Waals surface area (Å²) in [4.78, 5) is 57.9. The number of rotatable bonds is 17. The van der Waals surface area contributed by atoms with Crippen LogP contribution in [0.1, 0.15) is 57.4 Å². The molecule has 1 aromatic carbocycles. The number of anilines is 1. The molecule has 0 aliphatic carbocycles. The number of aryl methyl sites for hydroxylation is 1. The quantitative estimate of drug-likeness (QED) is 0.105. The zero-order valence-corrected chi connectivity index (χ0v) is 28.9. The average Bonchev–Trinajstić information content (AvgIpc) is 3.61. The number of unbranched alkanes of at least 4 members (excludes halogenated alkanes) is 3. The van der Waals surface area contributed by atoms with Gasteiger partial charge in [-0.15, -0.1) is 13.2 Å². The monoisotopic (exact) mass is 721 g/mol. The number of benzene rings is 1. The molecule has 3 saturated heterocycles. The van der Waals surface area contributed by atoms with Gasteiger partial charge < -0.3 is 29.7 Å². The van der Waals surface area contributed by atoms with E-state index in [1.54, 1.807) is 34.9 Å². The molecular formula is C34H45BrClN3O7. The molecule has 1 aromatic rings. The molecule has 3 fully saturated rings. The van der Waals surface area contributed by atoms with E-state index in [9.17, 15) is 24.3 Å². The van der Waals surface area contributed by atoms with Crippen LogP contribution in [0.2, 0.25) is 5.02 Å². The van der Waals surface area contributed by atoms with Crippen LogP contribution >= 0.6 is 27.5 Å². The molecule has 4 rings (SSSR count). The standard InChI is InChI=1S/C34H45BrClN3O7/c1-5-7-15-25(41)37-20-22(4)45-33(44)26-27-31(42)39(17-10-8-9-11-18-40)30(34(27)19-23(35)29(26)46-34)32(43)38(16-6-2)28-21(3)13-12-14-24(28)36/h5-6,12-14,22-23,26-27,29-30,40H,1-2,7-11,15-20H2,3-4H3,(H,37,41)/t22-,23?,26+,27-,29+,30+,34-/m1/s1. The van der Waals surface area contributed by atoms with Crippen molar-refractivity contribution in [3.05, 3.63) is 54.1 Å². The molecule has 2 N–H and O–H groups in total. The molecule has 3 aliphatic rings. The summed E-state index contributed by atoms with van der Waals surface area (Å²) in [5.41, 5.74) is 0.0594. The first-order chi connectivity index (χ1) is 22.0. The van der Waals surface area contributed by atoms with Crippen molar-refractivity contribution in [2.75, 3.05) is 31.1 Å². The third-order valence-corrected chi connectivity index (χ3v) is 10.3. The van der Waals surface area contributed by atoms with Crippen LogP contribution < -0.4 is 10.2 Å². The summed E-state index contributed by atoms with van der Waals surface area (Å²) in [6.07, 6.45) is 5.94. The number of allylic oxidation sites excluding steroid dienone is 1. The Morgan fingerprint density at radius 3 is 2.67 bits per heavy atom. The molecule has 0 saturated carbocycles. The number of aliphatic hydroxyl groups is 1. The molecule has 3 heterocycles. The highest BCUT2D eigenvalue weighted by Gasteiger charge is 2.77. The first kappa shape index (κ1) is 36.1. The zero-order valence-electron chi connectivity index (χ0n) is 26.6. The molecule has 1 unspecified atom stereocenters. The Bertz CT molecular complexity index is 1310. The number of likely N-dealkylation sites (tertiary alicyclic amines) is 1. The molecule has 10 nitrogen and oxygen atoms in total. The second kappa shape index (κ2) is 15.9. The number of halogens is 2. The van der Waals surface area contributed by atoms with Crippen molar-refractivity contribution in [2.24, 2.45) is 11.8 Å². The highest BCUT2D eigenvalue weighted by Crippen LogP contribution is 2.60. The van der Waals surface area contributed by atoms with Crippen LogP contribution in [-0.4, -0.2) is 88.6 Å². The summed E-state index contributed by atoms with van der Waals surface area (Å²) in [7, 11) is 0. The molecular weight excluding hydrogens is 678 g/mol. The number of alkyl halides is 1. The fourth-order valence-corrected chi connectivity index (χ4v) is 8.36. The number of esters is 1. The number of fused-ring (bicyclic) bond motifs is 1. The number of nitrogens with zero attached hydrogens (tertiary/aromatic N) is 2. The van der Waals surface area contributed by atoms with Gasteiger partial charge in [0.15, 0.2) is 0 Å². The van der Waals surface area contributed by atoms with Crippen LogP contribution in [0, 0.1) is 18.8 Å². The van der Waals surface area contributed by atoms with E-state index in [1.165, 1.54) is 0 Å². The molecule has 0 aromatic heterocycles. The number of nitrogens with one attached hydrogen (secondary N) is 1. The van der Waals surface area contributed by atoms with Crippen LogP contribution in [0.15, 0.2) is 43.5 Å². The van der Waals surface area contributed by atoms with E-state index in [0.717, 1.165) is 18.4 Å². The minimum absolute atomic E-state index is 0.0885. The van der Waals surface area contributed by atoms with Gasteiger partial charge in [-0.3, -0.25) is 19.2 Å². The molecule has 7 atom stereocenters. The number of hydrogen-bond acceptors (Lipinski definition) is 7. The predicted molar refractivity (Wildman–Crippen MR) is 180 cm³/mol. The van der Waals surface area contributed by atoms with Gasteiger partial charge in [0.05, 0.1) is 35.2 Å². The fourth-order valence-electron chi connectivity index (χ4n) is 7.10. The Morgan fingerprint density at radius 1 is 1.26 bits per heavy atom. The van der Waals surface area contributed by atoms with E-state index in [4.69, 9.17) is 21.1 Å². The summed E-state index contributed by atoms with van der Waals surface area (Å²) >= 11 is 10.3. The maximum absolute atomic E-state index is 14.8. The number of ether oxygens (including phenoxy) is 2. The summed E-state index contributed by atoms with van der Waals surface area (Å²) in [5.74, 6) is -3.29. The SMILES string of the molecule is C=CCCC(=O)NC[C@@H](C)OC(=O)[C@@H]1[C@H]2O[C@@]3(CC2Br)[C@H](C(=O)N(CC=C)c2c(C)cccc2Cl)N(CCCCCCO)C(=O)[C@@H]13. The Morgan fingerprint density at radius 2 is 2.00 bits per heavy atom. The van der Waals surface area contributed by atoms with E-state index in [2.05, 4.69) is 34.4 Å². The maximum atomic E-state index is 14.8. The molecule has 3 aliphatic heterocycles. The van der Waals surface area contributed by atoms with Gasteiger partial charge in [-0.25, -0.2) is 0 Å². The molecule has 12 heteroatoms. The zero-order chi connectivity index (χ0) is 33.6. The predicted octanol–water partition coefficient (Wildman–Crippen LogP) is 4.48. The number of amides is 3. The van der Waals surface area contributed by atoms with Crippen molar-refractivity contribution < 1.29 is 33.8 Å². The molecule has 252 valence electrons. The summed E-state index contributed by atoms with van der Waals surface area (Å²) in [6, 6.07) is 4.38. The fraction of sp³-hybridized carbons (Fsp3) is 0.588. The van der Waals surface area contributed by atoms with Crippen LogP contribution in [0.25, 0.3) is 0 Å². The number of carbonyl (C=O) groups excluding carboxylic acids is 4. The molecule has 2 bridgehead atoms. The molecule has 1 spiro atoms. The van der Waals surface area contributed by atoms with Gasteiger partial charge in [0.25, 0.3) is 5.91 Å². The average molecular weight is 723 g/mol. The molecule has 3 amide bonds. The second-order valence-electron chi connectivity index (χ2n) is 12.4. The highest BCUT2D eigenvalue weighted by atomic mass is 79.9. The van der Waals surface area contributed by atoms with E-state index >= 15 is 0 Å². The van der Waals surface area contributed by atoms with E-state index in [0.29, 0.717) is 36.4 Å². The van der Waals surface area contributed by atoms with Gasteiger partial charge in [0.1, 0.15) is 17.7 Å². The van der Waals surface area contributed by atoms with Gasteiger partial charge in [0.2, 0.25) is 11.8 Å². The normalized spacial score (nSPS) is 26.8. The Labute approximate surface area is 284 Å². The Balaban J connectivity index is 1.65. The lowest BCUT2D eigenvalue weighted by molar-refractivity contribution is -0.159. The van der Waals surface area contributed by atoms with Crippen LogP contribution in [-0.2, 0) is 28.7 Å². The van der Waals surface area contributed by atoms with Gasteiger partial charge in [-0.1, -0.05) is 64.7 Å². The largest absolute Gasteiger partial charge is 0.460 e. The number of carbonyl (C=O) groups is 4.